The van der Waals surface area contributed by atoms with Crippen LogP contribution in [0.2, 0.25) is 0 Å². The van der Waals surface area contributed by atoms with Crippen LogP contribution in [-0.2, 0) is 4.79 Å². The normalized spacial score (nSPS) is 18.1. The maximum absolute atomic E-state index is 11.5. The third kappa shape index (κ3) is 2.98. The first-order valence-electron chi connectivity index (χ1n) is 6.44. The lowest BCUT2D eigenvalue weighted by molar-refractivity contribution is -0.119. The quantitative estimate of drug-likeness (QED) is 0.830. The van der Waals surface area contributed by atoms with E-state index in [0.29, 0.717) is 6.54 Å². The van der Waals surface area contributed by atoms with E-state index >= 15 is 0 Å². The minimum Gasteiger partial charge on any atom is -0.361 e. The lowest BCUT2D eigenvalue weighted by Gasteiger charge is -2.21. The second-order valence-corrected chi connectivity index (χ2v) is 4.58. The van der Waals surface area contributed by atoms with Crippen molar-refractivity contribution in [3.8, 4) is 0 Å². The summed E-state index contributed by atoms with van der Waals surface area (Å²) in [4.78, 5) is 17.9. The molecule has 1 saturated heterocycles. The average Bonchev–Trinajstić information content (AvgIpc) is 2.63. The Labute approximate surface area is 107 Å². The number of nitrogens with two attached hydrogens (primary N) is 1. The van der Waals surface area contributed by atoms with Gasteiger partial charge in [0.05, 0.1) is 24.1 Å². The highest BCUT2D eigenvalue weighted by Gasteiger charge is 2.15. The van der Waals surface area contributed by atoms with Crippen molar-refractivity contribution >= 4 is 11.6 Å². The fraction of sp³-hybridized carbons (Fsp3) is 0.538. The highest BCUT2D eigenvalue weighted by molar-refractivity contribution is 5.81. The van der Waals surface area contributed by atoms with Crippen molar-refractivity contribution in [3.63, 3.8) is 0 Å². The molecule has 5 heteroatoms. The molecule has 5 nitrogen and oxygen atoms in total. The van der Waals surface area contributed by atoms with Crippen LogP contribution in [0.1, 0.15) is 31.5 Å². The number of nitrogens with one attached hydrogen (secondary N) is 1. The standard InChI is InChI=1S/C13H20N4O/c1-2-11(14)12-5-4-10(8-16-12)17-7-3-6-15-13(18)9-17/h4-5,8,11H,2-3,6-7,9,14H2,1H3,(H,15,18)/t11-/m1/s1. The van der Waals surface area contributed by atoms with E-state index in [1.54, 1.807) is 0 Å². The van der Waals surface area contributed by atoms with E-state index in [1.165, 1.54) is 0 Å². The van der Waals surface area contributed by atoms with Crippen molar-refractivity contribution in [2.24, 2.45) is 5.73 Å². The minimum absolute atomic E-state index is 0.00789. The lowest BCUT2D eigenvalue weighted by atomic mass is 10.1. The van der Waals surface area contributed by atoms with Gasteiger partial charge in [-0.3, -0.25) is 9.78 Å². The van der Waals surface area contributed by atoms with Gasteiger partial charge < -0.3 is 16.0 Å². The molecule has 1 atom stereocenters. The predicted molar refractivity (Wildman–Crippen MR) is 71.3 cm³/mol. The Bertz CT molecular complexity index is 404. The molecule has 0 unspecified atom stereocenters. The smallest absolute Gasteiger partial charge is 0.239 e. The van der Waals surface area contributed by atoms with Crippen LogP contribution in [0.5, 0.6) is 0 Å². The third-order valence-electron chi connectivity index (χ3n) is 3.22. The first-order valence-corrected chi connectivity index (χ1v) is 6.44. The Balaban J connectivity index is 2.10. The molecule has 1 aliphatic heterocycles. The topological polar surface area (TPSA) is 71.2 Å². The van der Waals surface area contributed by atoms with Crippen molar-refractivity contribution < 1.29 is 4.79 Å². The molecule has 98 valence electrons. The molecule has 0 spiro atoms. The summed E-state index contributed by atoms with van der Waals surface area (Å²) in [5, 5.41) is 2.86. The SMILES string of the molecule is CC[C@@H](N)c1ccc(N2CCCNC(=O)C2)cn1. The van der Waals surface area contributed by atoms with Crippen LogP contribution >= 0.6 is 0 Å². The molecule has 0 saturated carbocycles. The van der Waals surface area contributed by atoms with E-state index in [1.807, 2.05) is 25.3 Å². The van der Waals surface area contributed by atoms with Crippen LogP contribution in [0.25, 0.3) is 0 Å². The van der Waals surface area contributed by atoms with E-state index in [-0.39, 0.29) is 11.9 Å². The van der Waals surface area contributed by atoms with Gasteiger partial charge in [0, 0.05) is 19.1 Å². The first kappa shape index (κ1) is 12.8. The number of carbonyl (C=O) groups is 1. The van der Waals surface area contributed by atoms with Gasteiger partial charge in [-0.05, 0) is 25.0 Å². The average molecular weight is 248 g/mol. The van der Waals surface area contributed by atoms with Crippen LogP contribution in [0.3, 0.4) is 0 Å². The van der Waals surface area contributed by atoms with Gasteiger partial charge in [-0.15, -0.1) is 0 Å². The zero-order valence-electron chi connectivity index (χ0n) is 10.7. The predicted octanol–water partition coefficient (Wildman–Crippen LogP) is 0.818. The highest BCUT2D eigenvalue weighted by Crippen LogP contribution is 2.17. The fourth-order valence-corrected chi connectivity index (χ4v) is 2.04. The van der Waals surface area contributed by atoms with Crippen LogP contribution in [0.15, 0.2) is 18.3 Å². The summed E-state index contributed by atoms with van der Waals surface area (Å²) in [7, 11) is 0. The molecule has 18 heavy (non-hydrogen) atoms. The minimum atomic E-state index is -0.00789. The van der Waals surface area contributed by atoms with Gasteiger partial charge in [0.2, 0.25) is 5.91 Å². The number of anilines is 1. The summed E-state index contributed by atoms with van der Waals surface area (Å²) in [5.41, 5.74) is 7.82. The third-order valence-corrected chi connectivity index (χ3v) is 3.22. The van der Waals surface area contributed by atoms with Crippen LogP contribution in [-0.4, -0.2) is 30.5 Å². The summed E-state index contributed by atoms with van der Waals surface area (Å²) < 4.78 is 0. The molecule has 1 amide bonds. The second kappa shape index (κ2) is 5.82. The molecule has 2 rings (SSSR count). The summed E-state index contributed by atoms with van der Waals surface area (Å²) in [6.07, 6.45) is 3.64. The number of amides is 1. The Morgan fingerprint density at radius 2 is 2.39 bits per heavy atom. The summed E-state index contributed by atoms with van der Waals surface area (Å²) in [6, 6.07) is 3.94. The van der Waals surface area contributed by atoms with Gasteiger partial charge in [-0.1, -0.05) is 6.92 Å². The van der Waals surface area contributed by atoms with E-state index in [9.17, 15) is 4.79 Å². The maximum Gasteiger partial charge on any atom is 0.239 e. The van der Waals surface area contributed by atoms with E-state index in [0.717, 1.165) is 37.3 Å². The Kier molecular flexibility index (Phi) is 4.15. The number of nitrogens with zero attached hydrogens (tertiary/aromatic N) is 2. The molecule has 1 aliphatic rings. The molecular formula is C13H20N4O. The Hall–Kier alpha value is -1.62. The van der Waals surface area contributed by atoms with E-state index in [4.69, 9.17) is 5.73 Å². The highest BCUT2D eigenvalue weighted by atomic mass is 16.2. The van der Waals surface area contributed by atoms with Gasteiger partial charge >= 0.3 is 0 Å². The van der Waals surface area contributed by atoms with Crippen LogP contribution in [0, 0.1) is 0 Å². The lowest BCUT2D eigenvalue weighted by Crippen LogP contribution is -2.33. The number of rotatable bonds is 3. The van der Waals surface area contributed by atoms with Crippen LogP contribution in [0.4, 0.5) is 5.69 Å². The van der Waals surface area contributed by atoms with Crippen molar-refractivity contribution in [2.45, 2.75) is 25.8 Å². The molecule has 1 aromatic rings. The molecule has 1 aromatic heterocycles. The van der Waals surface area contributed by atoms with Gasteiger partial charge in [-0.25, -0.2) is 0 Å². The monoisotopic (exact) mass is 248 g/mol. The van der Waals surface area contributed by atoms with Gasteiger partial charge in [0.25, 0.3) is 0 Å². The van der Waals surface area contributed by atoms with E-state index in [2.05, 4.69) is 15.2 Å². The molecule has 0 radical (unpaired) electrons. The van der Waals surface area contributed by atoms with Crippen LogP contribution < -0.4 is 16.0 Å². The number of aromatic nitrogens is 1. The van der Waals surface area contributed by atoms with Crippen molar-refractivity contribution in [3.05, 3.63) is 24.0 Å². The fourth-order valence-electron chi connectivity index (χ4n) is 2.04. The number of hydrogen-bond acceptors (Lipinski definition) is 4. The number of pyridine rings is 1. The van der Waals surface area contributed by atoms with Gasteiger partial charge in [0.1, 0.15) is 0 Å². The van der Waals surface area contributed by atoms with Gasteiger partial charge in [-0.2, -0.15) is 0 Å². The summed E-state index contributed by atoms with van der Waals surface area (Å²) in [6.45, 7) is 4.07. The maximum atomic E-state index is 11.5. The molecule has 0 bridgehead atoms. The molecular weight excluding hydrogens is 228 g/mol. The van der Waals surface area contributed by atoms with Crippen molar-refractivity contribution in [1.82, 2.24) is 10.3 Å². The number of carbonyl (C=O) groups excluding carboxylic acids is 1. The van der Waals surface area contributed by atoms with Crippen molar-refractivity contribution in [1.29, 1.82) is 0 Å². The van der Waals surface area contributed by atoms with Gasteiger partial charge in [0.15, 0.2) is 0 Å². The zero-order chi connectivity index (χ0) is 13.0. The van der Waals surface area contributed by atoms with E-state index < -0.39 is 0 Å². The summed E-state index contributed by atoms with van der Waals surface area (Å²) >= 11 is 0. The summed E-state index contributed by atoms with van der Waals surface area (Å²) in [5.74, 6) is 0.0711. The Morgan fingerprint density at radius 3 is 3.06 bits per heavy atom. The molecule has 0 aromatic carbocycles. The van der Waals surface area contributed by atoms with Crippen molar-refractivity contribution in [2.75, 3.05) is 24.5 Å². The molecule has 2 heterocycles. The Morgan fingerprint density at radius 1 is 1.56 bits per heavy atom. The second-order valence-electron chi connectivity index (χ2n) is 4.58. The molecule has 1 fully saturated rings. The molecule has 0 aliphatic carbocycles. The first-order chi connectivity index (χ1) is 8.70. The zero-order valence-corrected chi connectivity index (χ0v) is 10.7. The number of hydrogen-bond donors (Lipinski definition) is 2. The largest absolute Gasteiger partial charge is 0.361 e. The molecule has 3 N–H and O–H groups in total.